The number of rotatable bonds is 5. The van der Waals surface area contributed by atoms with Gasteiger partial charge in [-0.1, -0.05) is 36.4 Å². The molecule has 0 fully saturated rings. The number of ketones is 1. The summed E-state index contributed by atoms with van der Waals surface area (Å²) >= 11 is 0. The first-order valence-electron chi connectivity index (χ1n) is 10.6. The minimum atomic E-state index is -0.993. The minimum absolute atomic E-state index is 0.0331. The molecule has 0 radical (unpaired) electrons. The van der Waals surface area contributed by atoms with Crippen LogP contribution in [0.2, 0.25) is 0 Å². The first kappa shape index (κ1) is 21.6. The quantitative estimate of drug-likeness (QED) is 0.552. The summed E-state index contributed by atoms with van der Waals surface area (Å²) in [5.41, 5.74) is 2.46. The third kappa shape index (κ3) is 3.86. The number of phenolic OH excluding ortho intramolecular Hbond substituents is 1. The summed E-state index contributed by atoms with van der Waals surface area (Å²) in [6, 6.07) is 14.1. The average molecular weight is 435 g/mol. The molecule has 1 heterocycles. The largest absolute Gasteiger partial charge is 0.504 e. The summed E-state index contributed by atoms with van der Waals surface area (Å²) in [7, 11) is 1.43. The molecular weight excluding hydrogens is 410 g/mol. The predicted octanol–water partition coefficient (Wildman–Crippen LogP) is 3.19. The van der Waals surface area contributed by atoms with Gasteiger partial charge in [-0.2, -0.15) is 0 Å². The highest BCUT2D eigenvalue weighted by atomic mass is 16.5. The summed E-state index contributed by atoms with van der Waals surface area (Å²) in [6.07, 6.45) is 0.399. The summed E-state index contributed by atoms with van der Waals surface area (Å²) < 4.78 is 10.5. The molecule has 0 bridgehead atoms. The Hall–Kier alpha value is -3.61. The molecule has 2 aromatic carbocycles. The van der Waals surface area contributed by atoms with Crippen molar-refractivity contribution in [2.45, 2.75) is 31.6 Å². The number of Topliss-reactive ketones (excluding diaryl/α,β-unsaturated/α-hetero) is 1. The highest BCUT2D eigenvalue weighted by Gasteiger charge is 2.47. The Labute approximate surface area is 186 Å². The van der Waals surface area contributed by atoms with Gasteiger partial charge >= 0.3 is 5.97 Å². The Bertz CT molecular complexity index is 1090. The van der Waals surface area contributed by atoms with Crippen LogP contribution in [0.1, 0.15) is 42.7 Å². The third-order valence-electron chi connectivity index (χ3n) is 6.10. The first-order valence-corrected chi connectivity index (χ1v) is 10.6. The number of nitrogens with one attached hydrogen (secondary N) is 1. The van der Waals surface area contributed by atoms with Gasteiger partial charge in [-0.15, -0.1) is 0 Å². The average Bonchev–Trinajstić information content (AvgIpc) is 2.79. The number of allylic oxidation sites excluding steroid dienone is 2. The van der Waals surface area contributed by atoms with Gasteiger partial charge in [-0.05, 0) is 36.6 Å². The number of amides is 1. The van der Waals surface area contributed by atoms with Crippen LogP contribution in [-0.4, -0.2) is 36.5 Å². The number of methoxy groups -OCH3 is 1. The van der Waals surface area contributed by atoms with Gasteiger partial charge in [-0.3, -0.25) is 14.4 Å². The normalized spacial score (nSPS) is 22.8. The fourth-order valence-corrected chi connectivity index (χ4v) is 4.66. The minimum Gasteiger partial charge on any atom is -0.504 e. The molecule has 32 heavy (non-hydrogen) atoms. The number of hydrogen-bond acceptors (Lipinski definition) is 6. The van der Waals surface area contributed by atoms with Crippen LogP contribution in [0.25, 0.3) is 0 Å². The van der Waals surface area contributed by atoms with Crippen molar-refractivity contribution in [3.8, 4) is 11.5 Å². The molecule has 4 rings (SSSR count). The highest BCUT2D eigenvalue weighted by molar-refractivity contribution is 6.12. The van der Waals surface area contributed by atoms with Crippen molar-refractivity contribution >= 4 is 17.7 Å². The van der Waals surface area contributed by atoms with Crippen LogP contribution in [0.4, 0.5) is 0 Å². The molecule has 2 aromatic rings. The van der Waals surface area contributed by atoms with Gasteiger partial charge in [0.2, 0.25) is 5.91 Å². The zero-order valence-electron chi connectivity index (χ0n) is 18.0. The van der Waals surface area contributed by atoms with E-state index < -0.39 is 23.7 Å². The second kappa shape index (κ2) is 8.86. The smallest absolute Gasteiger partial charge is 0.317 e. The van der Waals surface area contributed by atoms with E-state index in [9.17, 15) is 19.5 Å². The predicted molar refractivity (Wildman–Crippen MR) is 116 cm³/mol. The molecule has 1 amide bonds. The number of phenols is 1. The van der Waals surface area contributed by atoms with Crippen molar-refractivity contribution in [2.24, 2.45) is 5.92 Å². The molecule has 2 N–H and O–H groups in total. The number of ether oxygens (including phenoxy) is 2. The fourth-order valence-electron chi connectivity index (χ4n) is 4.66. The topological polar surface area (TPSA) is 102 Å². The Morgan fingerprint density at radius 2 is 1.84 bits per heavy atom. The van der Waals surface area contributed by atoms with Gasteiger partial charge in [0.05, 0.1) is 13.7 Å². The second-order valence-corrected chi connectivity index (χ2v) is 7.94. The standard InChI is InChI=1S/C25H25NO6/c1-3-32-25(30)23-16(14-7-5-4-6-8-14)12-18-22(24(23)29)17(13-21(28)26-18)15-9-10-19(27)20(11-15)31-2/h4-11,16-17,23,27H,3,12-13H2,1-2H3,(H,26,28)/t16-,17-,23-/m0/s1. The Kier molecular flexibility index (Phi) is 5.99. The van der Waals surface area contributed by atoms with E-state index in [2.05, 4.69) is 5.32 Å². The molecule has 0 saturated heterocycles. The van der Waals surface area contributed by atoms with E-state index >= 15 is 0 Å². The van der Waals surface area contributed by atoms with E-state index in [1.165, 1.54) is 13.2 Å². The summed E-state index contributed by atoms with van der Waals surface area (Å²) in [5, 5.41) is 12.8. The molecule has 1 aliphatic carbocycles. The molecule has 7 heteroatoms. The number of benzene rings is 2. The van der Waals surface area contributed by atoms with Crippen LogP contribution in [-0.2, 0) is 19.1 Å². The maximum absolute atomic E-state index is 13.8. The van der Waals surface area contributed by atoms with Crippen LogP contribution in [0.3, 0.4) is 0 Å². The fraction of sp³-hybridized carbons (Fsp3) is 0.320. The molecule has 1 aliphatic heterocycles. The molecule has 3 atom stereocenters. The Balaban J connectivity index is 1.82. The highest BCUT2D eigenvalue weighted by Crippen LogP contribution is 2.46. The number of esters is 1. The summed E-state index contributed by atoms with van der Waals surface area (Å²) in [4.78, 5) is 39.3. The molecule has 2 aliphatic rings. The lowest BCUT2D eigenvalue weighted by Gasteiger charge is -2.38. The third-order valence-corrected chi connectivity index (χ3v) is 6.10. The van der Waals surface area contributed by atoms with E-state index in [0.717, 1.165) is 5.56 Å². The van der Waals surface area contributed by atoms with Gasteiger partial charge in [-0.25, -0.2) is 0 Å². The van der Waals surface area contributed by atoms with E-state index in [4.69, 9.17) is 9.47 Å². The zero-order valence-corrected chi connectivity index (χ0v) is 18.0. The Morgan fingerprint density at radius 1 is 1.09 bits per heavy atom. The number of hydrogen-bond donors (Lipinski definition) is 2. The SMILES string of the molecule is CCOC(=O)[C@@H]1C(=O)C2=C(C[C@H]1c1ccccc1)NC(=O)C[C@H]2c1ccc(O)c(OC)c1. The van der Waals surface area contributed by atoms with E-state index in [-0.39, 0.29) is 36.2 Å². The van der Waals surface area contributed by atoms with Gasteiger partial charge in [0.1, 0.15) is 5.92 Å². The summed E-state index contributed by atoms with van der Waals surface area (Å²) in [5.74, 6) is -2.85. The van der Waals surface area contributed by atoms with Gasteiger partial charge in [0.15, 0.2) is 17.3 Å². The summed E-state index contributed by atoms with van der Waals surface area (Å²) in [6.45, 7) is 1.88. The number of carbonyl (C=O) groups excluding carboxylic acids is 3. The monoisotopic (exact) mass is 435 g/mol. The molecule has 0 unspecified atom stereocenters. The van der Waals surface area contributed by atoms with Crippen molar-refractivity contribution in [3.63, 3.8) is 0 Å². The van der Waals surface area contributed by atoms with E-state index in [0.29, 0.717) is 23.3 Å². The van der Waals surface area contributed by atoms with Crippen LogP contribution in [0.5, 0.6) is 11.5 Å². The molecule has 7 nitrogen and oxygen atoms in total. The molecule has 0 saturated carbocycles. The molecule has 0 aromatic heterocycles. The van der Waals surface area contributed by atoms with E-state index in [1.807, 2.05) is 30.3 Å². The van der Waals surface area contributed by atoms with Crippen molar-refractivity contribution < 1.29 is 29.0 Å². The van der Waals surface area contributed by atoms with Crippen molar-refractivity contribution in [3.05, 3.63) is 70.9 Å². The molecule has 0 spiro atoms. The van der Waals surface area contributed by atoms with Crippen LogP contribution < -0.4 is 10.1 Å². The molecular formula is C25H25NO6. The maximum atomic E-state index is 13.8. The lowest BCUT2D eigenvalue weighted by Crippen LogP contribution is -2.44. The number of aromatic hydroxyl groups is 1. The van der Waals surface area contributed by atoms with Gasteiger partial charge in [0, 0.05) is 29.5 Å². The lowest BCUT2D eigenvalue weighted by atomic mass is 9.68. The van der Waals surface area contributed by atoms with Crippen molar-refractivity contribution in [1.29, 1.82) is 0 Å². The molecule has 166 valence electrons. The van der Waals surface area contributed by atoms with Gasteiger partial charge in [0.25, 0.3) is 0 Å². The number of carbonyl (C=O) groups is 3. The zero-order chi connectivity index (χ0) is 22.8. The first-order chi connectivity index (χ1) is 15.4. The lowest BCUT2D eigenvalue weighted by molar-refractivity contribution is -0.152. The van der Waals surface area contributed by atoms with Crippen molar-refractivity contribution in [2.75, 3.05) is 13.7 Å². The van der Waals surface area contributed by atoms with Crippen LogP contribution in [0.15, 0.2) is 59.8 Å². The van der Waals surface area contributed by atoms with Crippen LogP contribution >= 0.6 is 0 Å². The maximum Gasteiger partial charge on any atom is 0.317 e. The Morgan fingerprint density at radius 3 is 2.53 bits per heavy atom. The van der Waals surface area contributed by atoms with Gasteiger partial charge < -0.3 is 19.9 Å². The van der Waals surface area contributed by atoms with Crippen molar-refractivity contribution in [1.82, 2.24) is 5.32 Å². The second-order valence-electron chi connectivity index (χ2n) is 7.94. The van der Waals surface area contributed by atoms with E-state index in [1.54, 1.807) is 19.1 Å². The van der Waals surface area contributed by atoms with Crippen LogP contribution in [0, 0.1) is 5.92 Å².